The molecule has 0 saturated heterocycles. The molecule has 20 heavy (non-hydrogen) atoms. The maximum Gasteiger partial charge on any atom is 0.244 e. The summed E-state index contributed by atoms with van der Waals surface area (Å²) in [7, 11) is -3.59. The molecule has 0 spiro atoms. The number of hydrogen-bond donors (Lipinski definition) is 2. The highest BCUT2D eigenvalue weighted by atomic mass is 32.2. The number of nitrogens with zero attached hydrogens (tertiary/aromatic N) is 2. The highest BCUT2D eigenvalue weighted by molar-refractivity contribution is 7.89. The van der Waals surface area contributed by atoms with Crippen LogP contribution in [-0.2, 0) is 16.6 Å². The Kier molecular flexibility index (Phi) is 5.73. The van der Waals surface area contributed by atoms with Gasteiger partial charge in [-0.15, -0.1) is 0 Å². The maximum atomic E-state index is 12.5. The van der Waals surface area contributed by atoms with E-state index < -0.39 is 10.0 Å². The van der Waals surface area contributed by atoms with Gasteiger partial charge in [-0.3, -0.25) is 4.68 Å². The SMILES string of the molecule is CCC(NS(=O)(=O)c1c(C)nn(CCO)c1C)C(C)C. The topological polar surface area (TPSA) is 84.2 Å². The van der Waals surface area contributed by atoms with Crippen LogP contribution in [0.2, 0.25) is 0 Å². The summed E-state index contributed by atoms with van der Waals surface area (Å²) in [5.74, 6) is 0.225. The summed E-state index contributed by atoms with van der Waals surface area (Å²) in [6.07, 6.45) is 0.736. The van der Waals surface area contributed by atoms with Crippen molar-refractivity contribution in [1.29, 1.82) is 0 Å². The number of rotatable bonds is 7. The molecule has 1 aromatic heterocycles. The van der Waals surface area contributed by atoms with Crippen LogP contribution in [-0.4, -0.2) is 36.0 Å². The summed E-state index contributed by atoms with van der Waals surface area (Å²) < 4.78 is 29.4. The molecule has 6 nitrogen and oxygen atoms in total. The molecule has 1 unspecified atom stereocenters. The number of hydrogen-bond acceptors (Lipinski definition) is 4. The van der Waals surface area contributed by atoms with E-state index in [1.54, 1.807) is 13.8 Å². The van der Waals surface area contributed by atoms with E-state index in [9.17, 15) is 8.42 Å². The Bertz CT molecular complexity index is 549. The van der Waals surface area contributed by atoms with Crippen LogP contribution in [0.15, 0.2) is 4.90 Å². The van der Waals surface area contributed by atoms with Gasteiger partial charge in [-0.2, -0.15) is 5.10 Å². The van der Waals surface area contributed by atoms with E-state index >= 15 is 0 Å². The van der Waals surface area contributed by atoms with Gasteiger partial charge < -0.3 is 5.11 Å². The third-order valence-electron chi connectivity index (χ3n) is 3.45. The Hall–Kier alpha value is -0.920. The van der Waals surface area contributed by atoms with E-state index in [1.165, 1.54) is 4.68 Å². The number of sulfonamides is 1. The normalized spacial score (nSPS) is 13.9. The molecule has 0 radical (unpaired) electrons. The van der Waals surface area contributed by atoms with Crippen LogP contribution in [0.4, 0.5) is 0 Å². The van der Waals surface area contributed by atoms with Crippen molar-refractivity contribution in [3.8, 4) is 0 Å². The molecule has 0 aliphatic carbocycles. The Balaban J connectivity index is 3.16. The lowest BCUT2D eigenvalue weighted by atomic mass is 10.0. The lowest BCUT2D eigenvalue weighted by Gasteiger charge is -2.20. The summed E-state index contributed by atoms with van der Waals surface area (Å²) in [5, 5.41) is 13.2. The highest BCUT2D eigenvalue weighted by Crippen LogP contribution is 2.21. The van der Waals surface area contributed by atoms with Crippen molar-refractivity contribution in [2.75, 3.05) is 6.61 Å². The molecule has 2 N–H and O–H groups in total. The van der Waals surface area contributed by atoms with Gasteiger partial charge in [0, 0.05) is 6.04 Å². The van der Waals surface area contributed by atoms with E-state index in [-0.39, 0.29) is 23.5 Å². The van der Waals surface area contributed by atoms with E-state index in [1.807, 2.05) is 20.8 Å². The lowest BCUT2D eigenvalue weighted by molar-refractivity contribution is 0.267. The first kappa shape index (κ1) is 17.1. The summed E-state index contributed by atoms with van der Waals surface area (Å²) in [6, 6.07) is -0.0972. The summed E-state index contributed by atoms with van der Waals surface area (Å²) >= 11 is 0. The van der Waals surface area contributed by atoms with Crippen molar-refractivity contribution in [3.63, 3.8) is 0 Å². The van der Waals surface area contributed by atoms with Crippen molar-refractivity contribution in [1.82, 2.24) is 14.5 Å². The summed E-state index contributed by atoms with van der Waals surface area (Å²) in [6.45, 7) is 9.55. The summed E-state index contributed by atoms with van der Waals surface area (Å²) in [5.41, 5.74) is 1.02. The molecular weight excluding hydrogens is 278 g/mol. The minimum absolute atomic E-state index is 0.0710. The quantitative estimate of drug-likeness (QED) is 0.793. The fraction of sp³-hybridized carbons (Fsp3) is 0.769. The molecule has 1 rings (SSSR count). The van der Waals surface area contributed by atoms with Crippen LogP contribution in [0.25, 0.3) is 0 Å². The van der Waals surface area contributed by atoms with Crippen molar-refractivity contribution in [2.45, 2.75) is 58.5 Å². The van der Waals surface area contributed by atoms with Gasteiger partial charge in [0.15, 0.2) is 0 Å². The number of aryl methyl sites for hydroxylation is 1. The van der Waals surface area contributed by atoms with Gasteiger partial charge in [0.2, 0.25) is 10.0 Å². The molecule has 0 aliphatic heterocycles. The molecule has 1 heterocycles. The van der Waals surface area contributed by atoms with Crippen molar-refractivity contribution >= 4 is 10.0 Å². The highest BCUT2D eigenvalue weighted by Gasteiger charge is 2.27. The molecule has 0 aromatic carbocycles. The number of aromatic nitrogens is 2. The molecule has 0 aliphatic rings. The molecule has 1 aromatic rings. The van der Waals surface area contributed by atoms with Crippen molar-refractivity contribution < 1.29 is 13.5 Å². The first-order valence-electron chi connectivity index (χ1n) is 6.91. The van der Waals surface area contributed by atoms with E-state index in [0.717, 1.165) is 6.42 Å². The molecule has 1 atom stereocenters. The first-order chi connectivity index (χ1) is 9.24. The number of aliphatic hydroxyl groups excluding tert-OH is 1. The number of aliphatic hydroxyl groups is 1. The van der Waals surface area contributed by atoms with Crippen molar-refractivity contribution in [2.24, 2.45) is 5.92 Å². The van der Waals surface area contributed by atoms with E-state index in [0.29, 0.717) is 17.9 Å². The van der Waals surface area contributed by atoms with E-state index in [4.69, 9.17) is 5.11 Å². The largest absolute Gasteiger partial charge is 0.394 e. The zero-order chi connectivity index (χ0) is 15.5. The van der Waals surface area contributed by atoms with Gasteiger partial charge in [0.1, 0.15) is 4.90 Å². The van der Waals surface area contributed by atoms with Crippen LogP contribution in [0.3, 0.4) is 0 Å². The fourth-order valence-electron chi connectivity index (χ4n) is 2.33. The predicted octanol–water partition coefficient (Wildman–Crippen LogP) is 1.21. The van der Waals surface area contributed by atoms with Crippen LogP contribution in [0.1, 0.15) is 38.6 Å². The molecule has 116 valence electrons. The Morgan fingerprint density at radius 2 is 1.95 bits per heavy atom. The monoisotopic (exact) mass is 303 g/mol. The second-order valence-electron chi connectivity index (χ2n) is 5.33. The van der Waals surface area contributed by atoms with Gasteiger partial charge in [-0.1, -0.05) is 20.8 Å². The Morgan fingerprint density at radius 1 is 1.35 bits per heavy atom. The van der Waals surface area contributed by atoms with Gasteiger partial charge in [-0.05, 0) is 26.2 Å². The van der Waals surface area contributed by atoms with Gasteiger partial charge >= 0.3 is 0 Å². The molecule has 7 heteroatoms. The van der Waals surface area contributed by atoms with Gasteiger partial charge in [-0.25, -0.2) is 13.1 Å². The smallest absolute Gasteiger partial charge is 0.244 e. The van der Waals surface area contributed by atoms with Crippen LogP contribution in [0, 0.1) is 19.8 Å². The van der Waals surface area contributed by atoms with Crippen LogP contribution >= 0.6 is 0 Å². The summed E-state index contributed by atoms with van der Waals surface area (Å²) in [4.78, 5) is 0.227. The standard InChI is InChI=1S/C13H25N3O3S/c1-6-12(9(2)3)15-20(18,19)13-10(4)14-16(7-8-17)11(13)5/h9,12,15,17H,6-8H2,1-5H3. The third kappa shape index (κ3) is 3.59. The minimum Gasteiger partial charge on any atom is -0.394 e. The molecule has 0 amide bonds. The van der Waals surface area contributed by atoms with Crippen LogP contribution in [0.5, 0.6) is 0 Å². The Labute approximate surface area is 121 Å². The van der Waals surface area contributed by atoms with Gasteiger partial charge in [0.25, 0.3) is 0 Å². The van der Waals surface area contributed by atoms with E-state index in [2.05, 4.69) is 9.82 Å². The predicted molar refractivity (Wildman–Crippen MR) is 78.0 cm³/mol. The lowest BCUT2D eigenvalue weighted by Crippen LogP contribution is -2.38. The zero-order valence-corrected chi connectivity index (χ0v) is 13.7. The fourth-order valence-corrected chi connectivity index (χ4v) is 4.21. The average Bonchev–Trinajstić information content (AvgIpc) is 2.62. The zero-order valence-electron chi connectivity index (χ0n) is 12.8. The third-order valence-corrected chi connectivity index (χ3v) is 5.19. The van der Waals surface area contributed by atoms with Crippen molar-refractivity contribution in [3.05, 3.63) is 11.4 Å². The second kappa shape index (κ2) is 6.69. The maximum absolute atomic E-state index is 12.5. The second-order valence-corrected chi connectivity index (χ2v) is 6.98. The Morgan fingerprint density at radius 3 is 2.40 bits per heavy atom. The van der Waals surface area contributed by atoms with Crippen LogP contribution < -0.4 is 4.72 Å². The van der Waals surface area contributed by atoms with Gasteiger partial charge in [0.05, 0.1) is 24.5 Å². The number of nitrogens with one attached hydrogen (secondary N) is 1. The molecule has 0 fully saturated rings. The first-order valence-corrected chi connectivity index (χ1v) is 8.40. The molecular formula is C13H25N3O3S. The average molecular weight is 303 g/mol. The molecule has 0 bridgehead atoms. The minimum atomic E-state index is -3.59. The molecule has 0 saturated carbocycles.